The highest BCUT2D eigenvalue weighted by Gasteiger charge is 2.41. The number of piperidine rings is 1. The summed E-state index contributed by atoms with van der Waals surface area (Å²) < 4.78 is 5.98. The molecule has 0 bridgehead atoms. The van der Waals surface area contributed by atoms with Crippen molar-refractivity contribution in [2.75, 3.05) is 46.8 Å². The third kappa shape index (κ3) is 4.55. The maximum absolute atomic E-state index is 5.98. The van der Waals surface area contributed by atoms with Gasteiger partial charge in [-0.05, 0) is 58.0 Å². The van der Waals surface area contributed by atoms with Crippen LogP contribution in [0.3, 0.4) is 0 Å². The summed E-state index contributed by atoms with van der Waals surface area (Å²) in [6.45, 7) is 11.3. The number of piperazine rings is 1. The fourth-order valence-corrected chi connectivity index (χ4v) is 4.22. The Bertz CT molecular complexity index is 554. The second kappa shape index (κ2) is 8.07. The molecule has 2 aliphatic rings. The van der Waals surface area contributed by atoms with Crippen LogP contribution in [0.2, 0.25) is 0 Å². The van der Waals surface area contributed by atoms with Gasteiger partial charge in [0.15, 0.2) is 0 Å². The first kappa shape index (κ1) is 18.7. The maximum Gasteiger partial charge on any atom is 0.120 e. The van der Waals surface area contributed by atoms with Crippen LogP contribution in [0, 0.1) is 0 Å². The Kier molecular flexibility index (Phi) is 6.03. The molecule has 25 heavy (non-hydrogen) atoms. The summed E-state index contributed by atoms with van der Waals surface area (Å²) in [6, 6.07) is 8.65. The molecular formula is C21H35N3O. The van der Waals surface area contributed by atoms with Crippen molar-refractivity contribution >= 4 is 0 Å². The van der Waals surface area contributed by atoms with Crippen molar-refractivity contribution in [3.8, 4) is 5.75 Å². The largest absolute Gasteiger partial charge is 0.491 e. The number of hydrogen-bond donors (Lipinski definition) is 0. The lowest BCUT2D eigenvalue weighted by molar-refractivity contribution is -0.0205. The molecule has 1 atom stereocenters. The van der Waals surface area contributed by atoms with Gasteiger partial charge in [-0.1, -0.05) is 19.1 Å². The normalized spacial score (nSPS) is 23.7. The standard InChI is InChI=1S/C21H35N3O/c1-5-18(2)25-20-8-6-7-19(15-20)16-24-11-9-21(10-12-24)17-22(3)13-14-23(21)4/h6-8,15,18H,5,9-14,16-17H2,1-4H3/t18-/m1/s1. The Morgan fingerprint density at radius 1 is 1.12 bits per heavy atom. The van der Waals surface area contributed by atoms with Gasteiger partial charge in [-0.2, -0.15) is 0 Å². The number of likely N-dealkylation sites (tertiary alicyclic amines) is 1. The van der Waals surface area contributed by atoms with Crippen LogP contribution >= 0.6 is 0 Å². The lowest BCUT2D eigenvalue weighted by Crippen LogP contribution is -2.63. The highest BCUT2D eigenvalue weighted by atomic mass is 16.5. The summed E-state index contributed by atoms with van der Waals surface area (Å²) in [5.74, 6) is 1.01. The van der Waals surface area contributed by atoms with E-state index in [-0.39, 0.29) is 6.10 Å². The van der Waals surface area contributed by atoms with Crippen LogP contribution in [0.15, 0.2) is 24.3 Å². The first-order chi connectivity index (χ1) is 12.0. The molecule has 3 rings (SSSR count). The highest BCUT2D eigenvalue weighted by Crippen LogP contribution is 2.31. The zero-order valence-corrected chi connectivity index (χ0v) is 16.5. The van der Waals surface area contributed by atoms with E-state index in [2.05, 4.69) is 66.9 Å². The second-order valence-electron chi connectivity index (χ2n) is 8.14. The highest BCUT2D eigenvalue weighted by molar-refractivity contribution is 5.28. The van der Waals surface area contributed by atoms with Gasteiger partial charge in [-0.3, -0.25) is 9.80 Å². The summed E-state index contributed by atoms with van der Waals surface area (Å²) >= 11 is 0. The summed E-state index contributed by atoms with van der Waals surface area (Å²) in [5, 5.41) is 0. The first-order valence-corrected chi connectivity index (χ1v) is 9.88. The van der Waals surface area contributed by atoms with E-state index in [9.17, 15) is 0 Å². The Balaban J connectivity index is 1.56. The van der Waals surface area contributed by atoms with Gasteiger partial charge >= 0.3 is 0 Å². The first-order valence-electron chi connectivity index (χ1n) is 9.88. The van der Waals surface area contributed by atoms with Gasteiger partial charge in [0.25, 0.3) is 0 Å². The average Bonchev–Trinajstić information content (AvgIpc) is 2.61. The van der Waals surface area contributed by atoms with Gasteiger partial charge in [-0.15, -0.1) is 0 Å². The van der Waals surface area contributed by atoms with Crippen molar-refractivity contribution < 1.29 is 4.74 Å². The predicted octanol–water partition coefficient (Wildman–Crippen LogP) is 3.08. The van der Waals surface area contributed by atoms with E-state index in [0.717, 1.165) is 18.7 Å². The molecule has 1 aromatic rings. The predicted molar refractivity (Wildman–Crippen MR) is 104 cm³/mol. The van der Waals surface area contributed by atoms with E-state index in [1.807, 2.05) is 0 Å². The lowest BCUT2D eigenvalue weighted by atomic mass is 9.83. The van der Waals surface area contributed by atoms with Crippen molar-refractivity contribution in [1.82, 2.24) is 14.7 Å². The van der Waals surface area contributed by atoms with Gasteiger partial charge in [0.2, 0.25) is 0 Å². The van der Waals surface area contributed by atoms with Crippen LogP contribution in [0.25, 0.3) is 0 Å². The Hall–Kier alpha value is -1.10. The van der Waals surface area contributed by atoms with Crippen LogP contribution in [0.1, 0.15) is 38.7 Å². The molecule has 0 N–H and O–H groups in total. The third-order valence-electron chi connectivity index (χ3n) is 6.19. The molecule has 0 saturated carbocycles. The molecular weight excluding hydrogens is 310 g/mol. The van der Waals surface area contributed by atoms with Crippen LogP contribution in [0.4, 0.5) is 0 Å². The van der Waals surface area contributed by atoms with Crippen molar-refractivity contribution in [3.05, 3.63) is 29.8 Å². The molecule has 2 aliphatic heterocycles. The van der Waals surface area contributed by atoms with Crippen LogP contribution in [-0.4, -0.2) is 73.2 Å². The monoisotopic (exact) mass is 345 g/mol. The molecule has 0 amide bonds. The SMILES string of the molecule is CC[C@@H](C)Oc1cccc(CN2CCC3(CC2)CN(C)CCN3C)c1. The molecule has 2 fully saturated rings. The number of rotatable bonds is 5. The number of hydrogen-bond acceptors (Lipinski definition) is 4. The zero-order valence-electron chi connectivity index (χ0n) is 16.5. The molecule has 0 radical (unpaired) electrons. The zero-order chi connectivity index (χ0) is 17.9. The Labute approximate surface area is 153 Å². The molecule has 2 saturated heterocycles. The third-order valence-corrected chi connectivity index (χ3v) is 6.19. The smallest absolute Gasteiger partial charge is 0.120 e. The molecule has 1 spiro atoms. The molecule has 4 heteroatoms. The molecule has 0 aromatic heterocycles. The fourth-order valence-electron chi connectivity index (χ4n) is 4.22. The van der Waals surface area contributed by atoms with Crippen LogP contribution in [-0.2, 0) is 6.54 Å². The lowest BCUT2D eigenvalue weighted by Gasteiger charge is -2.52. The summed E-state index contributed by atoms with van der Waals surface area (Å²) in [6.07, 6.45) is 3.87. The summed E-state index contributed by atoms with van der Waals surface area (Å²) in [5.41, 5.74) is 1.76. The van der Waals surface area contributed by atoms with Crippen LogP contribution < -0.4 is 4.74 Å². The number of benzene rings is 1. The minimum Gasteiger partial charge on any atom is -0.491 e. The Morgan fingerprint density at radius 2 is 1.88 bits per heavy atom. The molecule has 4 nitrogen and oxygen atoms in total. The topological polar surface area (TPSA) is 19.0 Å². The summed E-state index contributed by atoms with van der Waals surface area (Å²) in [7, 11) is 4.59. The maximum atomic E-state index is 5.98. The molecule has 0 aliphatic carbocycles. The van der Waals surface area contributed by atoms with E-state index < -0.39 is 0 Å². The van der Waals surface area contributed by atoms with E-state index in [1.165, 1.54) is 51.1 Å². The van der Waals surface area contributed by atoms with Crippen molar-refractivity contribution in [2.45, 2.75) is 51.3 Å². The van der Waals surface area contributed by atoms with E-state index in [0.29, 0.717) is 5.54 Å². The van der Waals surface area contributed by atoms with Gasteiger partial charge in [0.1, 0.15) is 5.75 Å². The van der Waals surface area contributed by atoms with Crippen molar-refractivity contribution in [2.24, 2.45) is 0 Å². The average molecular weight is 346 g/mol. The minimum atomic E-state index is 0.281. The number of ether oxygens (including phenoxy) is 1. The summed E-state index contributed by atoms with van der Waals surface area (Å²) in [4.78, 5) is 7.73. The van der Waals surface area contributed by atoms with Gasteiger partial charge in [-0.25, -0.2) is 0 Å². The second-order valence-corrected chi connectivity index (χ2v) is 8.14. The Morgan fingerprint density at radius 3 is 2.60 bits per heavy atom. The minimum absolute atomic E-state index is 0.281. The van der Waals surface area contributed by atoms with Crippen molar-refractivity contribution in [3.63, 3.8) is 0 Å². The van der Waals surface area contributed by atoms with Gasteiger partial charge < -0.3 is 9.64 Å². The number of nitrogens with zero attached hydrogens (tertiary/aromatic N) is 3. The molecule has 1 aromatic carbocycles. The molecule has 2 heterocycles. The quantitative estimate of drug-likeness (QED) is 0.816. The van der Waals surface area contributed by atoms with Gasteiger partial charge in [0.05, 0.1) is 6.10 Å². The van der Waals surface area contributed by atoms with Crippen molar-refractivity contribution in [1.29, 1.82) is 0 Å². The van der Waals surface area contributed by atoms with E-state index in [1.54, 1.807) is 0 Å². The molecule has 140 valence electrons. The number of likely N-dealkylation sites (N-methyl/N-ethyl adjacent to an activating group) is 2. The molecule has 0 unspecified atom stereocenters. The van der Waals surface area contributed by atoms with E-state index >= 15 is 0 Å². The van der Waals surface area contributed by atoms with Crippen LogP contribution in [0.5, 0.6) is 5.75 Å². The van der Waals surface area contributed by atoms with E-state index in [4.69, 9.17) is 4.74 Å². The van der Waals surface area contributed by atoms with Gasteiger partial charge in [0, 0.05) is 44.8 Å². The fraction of sp³-hybridized carbons (Fsp3) is 0.714.